The fraction of sp³-hybridized carbons (Fsp3) is 0.0833. The highest BCUT2D eigenvalue weighted by Crippen LogP contribution is 2.40. The first kappa shape index (κ1) is 17.0. The number of amides is 2. The molecule has 28 heavy (non-hydrogen) atoms. The first-order valence-corrected chi connectivity index (χ1v) is 10.2. The van der Waals surface area contributed by atoms with Gasteiger partial charge in [0.1, 0.15) is 0 Å². The molecule has 0 spiro atoms. The maximum absolute atomic E-state index is 12.7. The molecule has 3 aromatic rings. The molecule has 3 nitrogen and oxygen atoms in total. The molecular formula is C24H17NO2S. The highest BCUT2D eigenvalue weighted by atomic mass is 32.2. The van der Waals surface area contributed by atoms with E-state index in [0.29, 0.717) is 11.1 Å². The summed E-state index contributed by atoms with van der Waals surface area (Å²) < 4.78 is 0. The van der Waals surface area contributed by atoms with Crippen molar-refractivity contribution < 1.29 is 9.59 Å². The lowest BCUT2D eigenvalue weighted by atomic mass is 9.94. The van der Waals surface area contributed by atoms with Crippen LogP contribution in [0.2, 0.25) is 0 Å². The van der Waals surface area contributed by atoms with E-state index in [1.165, 1.54) is 15.4 Å². The highest BCUT2D eigenvalue weighted by Gasteiger charge is 2.34. The smallest absolute Gasteiger partial charge is 0.261 e. The molecule has 2 aliphatic heterocycles. The Kier molecular flexibility index (Phi) is 4.14. The van der Waals surface area contributed by atoms with E-state index >= 15 is 0 Å². The van der Waals surface area contributed by atoms with Crippen LogP contribution in [0, 0.1) is 0 Å². The van der Waals surface area contributed by atoms with Crippen LogP contribution in [0.1, 0.15) is 37.4 Å². The lowest BCUT2D eigenvalue weighted by molar-refractivity contribution is 0.0672. The van der Waals surface area contributed by atoms with E-state index in [1.807, 2.05) is 36.0 Å². The molecule has 2 heterocycles. The molecule has 0 saturated heterocycles. The molecule has 3 aromatic carbocycles. The lowest BCUT2D eigenvalue weighted by Crippen LogP contribution is -2.30. The number of hydrogen-bond acceptors (Lipinski definition) is 3. The Morgan fingerprint density at radius 3 is 2.04 bits per heavy atom. The molecule has 0 fully saturated rings. The first-order valence-electron chi connectivity index (χ1n) is 9.20. The van der Waals surface area contributed by atoms with Gasteiger partial charge >= 0.3 is 0 Å². The minimum absolute atomic E-state index is 0.220. The molecule has 0 aromatic heterocycles. The van der Waals surface area contributed by atoms with Gasteiger partial charge in [-0.2, -0.15) is 0 Å². The van der Waals surface area contributed by atoms with Crippen LogP contribution in [0.25, 0.3) is 5.57 Å². The number of imide groups is 1. The number of thioether (sulfide) groups is 1. The van der Waals surface area contributed by atoms with E-state index in [4.69, 9.17) is 0 Å². The van der Waals surface area contributed by atoms with Crippen LogP contribution in [-0.4, -0.2) is 23.3 Å². The van der Waals surface area contributed by atoms with Crippen LogP contribution >= 0.6 is 11.8 Å². The second-order valence-corrected chi connectivity index (χ2v) is 7.84. The average molecular weight is 383 g/mol. The normalized spacial score (nSPS) is 16.6. The van der Waals surface area contributed by atoms with Crippen molar-refractivity contribution in [3.05, 3.63) is 107 Å². The number of hydrogen-bond donors (Lipinski definition) is 0. The third-order valence-corrected chi connectivity index (χ3v) is 6.35. The Labute approximate surface area is 167 Å². The van der Waals surface area contributed by atoms with Gasteiger partial charge in [0.05, 0.1) is 11.1 Å². The molecule has 0 aliphatic carbocycles. The molecule has 5 rings (SSSR count). The summed E-state index contributed by atoms with van der Waals surface area (Å²) in [5.74, 6) is 0.460. The quantitative estimate of drug-likeness (QED) is 0.583. The van der Waals surface area contributed by atoms with Crippen LogP contribution in [0.5, 0.6) is 0 Å². The summed E-state index contributed by atoms with van der Waals surface area (Å²) >= 11 is 1.82. The largest absolute Gasteiger partial charge is 0.270 e. The molecule has 0 N–H and O–H groups in total. The predicted octanol–water partition coefficient (Wildman–Crippen LogP) is 5.02. The lowest BCUT2D eigenvalue weighted by Gasteiger charge is -2.15. The zero-order valence-corrected chi connectivity index (χ0v) is 15.9. The summed E-state index contributed by atoms with van der Waals surface area (Å²) in [4.78, 5) is 28.0. The van der Waals surface area contributed by atoms with Crippen LogP contribution in [-0.2, 0) is 5.75 Å². The summed E-state index contributed by atoms with van der Waals surface area (Å²) in [6, 6.07) is 23.7. The number of fused-ring (bicyclic) bond motifs is 3. The van der Waals surface area contributed by atoms with Gasteiger partial charge in [-0.1, -0.05) is 60.7 Å². The van der Waals surface area contributed by atoms with Gasteiger partial charge in [-0.25, -0.2) is 0 Å². The Hall–Kier alpha value is -3.11. The molecule has 0 atom stereocenters. The fourth-order valence-corrected chi connectivity index (χ4v) is 4.90. The minimum atomic E-state index is -0.220. The zero-order valence-electron chi connectivity index (χ0n) is 15.1. The number of nitrogens with zero attached hydrogens (tertiary/aromatic N) is 1. The molecule has 2 aliphatic rings. The van der Waals surface area contributed by atoms with Crippen molar-refractivity contribution in [2.24, 2.45) is 0 Å². The third-order valence-electron chi connectivity index (χ3n) is 5.22. The maximum Gasteiger partial charge on any atom is 0.261 e. The SMILES string of the molecule is O=C1c2ccccc2C(=O)N1C/C=C1/c2ccccc2CSc2ccccc21. The van der Waals surface area contributed by atoms with Gasteiger partial charge in [-0.05, 0) is 40.5 Å². The minimum Gasteiger partial charge on any atom is -0.270 e. The van der Waals surface area contributed by atoms with Crippen molar-refractivity contribution in [2.75, 3.05) is 6.54 Å². The van der Waals surface area contributed by atoms with Gasteiger partial charge in [0.2, 0.25) is 0 Å². The molecular weight excluding hydrogens is 366 g/mol. The molecule has 2 amide bonds. The van der Waals surface area contributed by atoms with Crippen molar-refractivity contribution in [1.82, 2.24) is 4.90 Å². The highest BCUT2D eigenvalue weighted by molar-refractivity contribution is 7.98. The maximum atomic E-state index is 12.7. The Bertz CT molecular complexity index is 1060. The van der Waals surface area contributed by atoms with Crippen LogP contribution in [0.3, 0.4) is 0 Å². The average Bonchev–Trinajstić information content (AvgIpc) is 2.88. The van der Waals surface area contributed by atoms with Crippen LogP contribution in [0.4, 0.5) is 0 Å². The van der Waals surface area contributed by atoms with Gasteiger partial charge in [-0.15, -0.1) is 11.8 Å². The van der Waals surface area contributed by atoms with Gasteiger partial charge in [-0.3, -0.25) is 14.5 Å². The number of benzene rings is 3. The van der Waals surface area contributed by atoms with Crippen LogP contribution < -0.4 is 0 Å². The summed E-state index contributed by atoms with van der Waals surface area (Å²) in [6.07, 6.45) is 2.02. The molecule has 4 heteroatoms. The first-order chi connectivity index (χ1) is 13.7. The van der Waals surface area contributed by atoms with Crippen molar-refractivity contribution in [2.45, 2.75) is 10.6 Å². The summed E-state index contributed by atoms with van der Waals surface area (Å²) in [5.41, 5.74) is 5.63. The van der Waals surface area contributed by atoms with Gasteiger partial charge in [0.15, 0.2) is 0 Å². The molecule has 0 bridgehead atoms. The van der Waals surface area contributed by atoms with Crippen molar-refractivity contribution in [3.8, 4) is 0 Å². The standard InChI is InChI=1S/C24H17NO2S/c26-23-20-10-3-4-11-21(20)24(27)25(23)14-13-18-17-8-2-1-7-16(17)15-28-22-12-6-5-9-19(18)22/h1-13H,14-15H2/b18-13-. The zero-order chi connectivity index (χ0) is 19.1. The second-order valence-electron chi connectivity index (χ2n) is 6.83. The fourth-order valence-electron chi connectivity index (χ4n) is 3.83. The Morgan fingerprint density at radius 2 is 1.32 bits per heavy atom. The topological polar surface area (TPSA) is 37.4 Å². The number of rotatable bonds is 2. The van der Waals surface area contributed by atoms with Gasteiger partial charge < -0.3 is 0 Å². The second kappa shape index (κ2) is 6.80. The molecule has 0 saturated carbocycles. The van der Waals surface area contributed by atoms with Crippen molar-refractivity contribution in [1.29, 1.82) is 0 Å². The number of carbonyl (C=O) groups is 2. The van der Waals surface area contributed by atoms with E-state index in [1.54, 1.807) is 24.3 Å². The third kappa shape index (κ3) is 2.69. The van der Waals surface area contributed by atoms with E-state index in [2.05, 4.69) is 30.3 Å². The van der Waals surface area contributed by atoms with Gasteiger partial charge in [0, 0.05) is 17.2 Å². The number of carbonyl (C=O) groups excluding carboxylic acids is 2. The van der Waals surface area contributed by atoms with E-state index in [-0.39, 0.29) is 18.4 Å². The van der Waals surface area contributed by atoms with E-state index in [9.17, 15) is 9.59 Å². The molecule has 136 valence electrons. The molecule has 0 radical (unpaired) electrons. The summed E-state index contributed by atoms with van der Waals surface area (Å²) in [7, 11) is 0. The summed E-state index contributed by atoms with van der Waals surface area (Å²) in [6.45, 7) is 0.259. The van der Waals surface area contributed by atoms with E-state index < -0.39 is 0 Å². The van der Waals surface area contributed by atoms with Crippen molar-refractivity contribution >= 4 is 29.1 Å². The predicted molar refractivity (Wildman–Crippen MR) is 111 cm³/mol. The van der Waals surface area contributed by atoms with Crippen LogP contribution in [0.15, 0.2) is 83.8 Å². The monoisotopic (exact) mass is 383 g/mol. The van der Waals surface area contributed by atoms with E-state index in [0.717, 1.165) is 22.5 Å². The van der Waals surface area contributed by atoms with Crippen molar-refractivity contribution in [3.63, 3.8) is 0 Å². The Morgan fingerprint density at radius 1 is 0.750 bits per heavy atom. The molecule has 0 unspecified atom stereocenters. The Balaban J connectivity index is 1.57. The van der Waals surface area contributed by atoms with Gasteiger partial charge in [0.25, 0.3) is 11.8 Å². The summed E-state index contributed by atoms with van der Waals surface area (Å²) in [5, 5.41) is 0.